The van der Waals surface area contributed by atoms with Crippen molar-refractivity contribution < 1.29 is 9.53 Å². The number of carbonyl (C=O) groups is 1. The number of nitrogens with one attached hydrogen (secondary N) is 1. The van der Waals surface area contributed by atoms with Crippen LogP contribution in [0.2, 0.25) is 0 Å². The zero-order valence-electron chi connectivity index (χ0n) is 13.5. The van der Waals surface area contributed by atoms with Crippen molar-refractivity contribution in [3.05, 3.63) is 12.4 Å². The summed E-state index contributed by atoms with van der Waals surface area (Å²) in [6.07, 6.45) is 8.74. The first-order valence-electron chi connectivity index (χ1n) is 8.72. The molecule has 0 bridgehead atoms. The molecule has 1 aromatic heterocycles. The summed E-state index contributed by atoms with van der Waals surface area (Å²) in [7, 11) is 0. The Balaban J connectivity index is 1.26. The van der Waals surface area contributed by atoms with Gasteiger partial charge in [0.2, 0.25) is 0 Å². The van der Waals surface area contributed by atoms with Crippen LogP contribution < -0.4 is 5.32 Å². The number of urea groups is 1. The van der Waals surface area contributed by atoms with Gasteiger partial charge >= 0.3 is 6.03 Å². The van der Waals surface area contributed by atoms with Crippen LogP contribution in [0.3, 0.4) is 0 Å². The molecule has 3 fully saturated rings. The molecule has 23 heavy (non-hydrogen) atoms. The summed E-state index contributed by atoms with van der Waals surface area (Å²) in [4.78, 5) is 16.8. The van der Waals surface area contributed by atoms with E-state index in [1.807, 2.05) is 15.8 Å². The second-order valence-corrected chi connectivity index (χ2v) is 6.77. The van der Waals surface area contributed by atoms with E-state index in [1.54, 1.807) is 6.20 Å². The second-order valence-electron chi connectivity index (χ2n) is 6.77. The monoisotopic (exact) mass is 319 g/mol. The minimum absolute atomic E-state index is 0.0166. The van der Waals surface area contributed by atoms with Crippen LogP contribution in [-0.2, 0) is 11.3 Å². The lowest BCUT2D eigenvalue weighted by atomic mass is 10.2. The highest BCUT2D eigenvalue weighted by atomic mass is 16.5. The van der Waals surface area contributed by atoms with E-state index in [-0.39, 0.29) is 12.1 Å². The molecule has 1 aliphatic carbocycles. The van der Waals surface area contributed by atoms with Gasteiger partial charge < -0.3 is 15.0 Å². The predicted molar refractivity (Wildman–Crippen MR) is 86.4 cm³/mol. The molecule has 126 valence electrons. The summed E-state index contributed by atoms with van der Waals surface area (Å²) >= 11 is 0. The summed E-state index contributed by atoms with van der Waals surface area (Å²) in [5.41, 5.74) is 0.762. The van der Waals surface area contributed by atoms with Crippen molar-refractivity contribution in [2.45, 2.75) is 44.4 Å². The molecule has 1 unspecified atom stereocenters. The minimum Gasteiger partial charge on any atom is -0.376 e. The minimum atomic E-state index is -0.0166. The van der Waals surface area contributed by atoms with Crippen molar-refractivity contribution in [3.8, 4) is 0 Å². The maximum absolute atomic E-state index is 12.3. The van der Waals surface area contributed by atoms with Gasteiger partial charge in [0.05, 0.1) is 24.5 Å². The molecule has 2 amide bonds. The molecule has 1 saturated carbocycles. The molecule has 7 nitrogen and oxygen atoms in total. The van der Waals surface area contributed by atoms with E-state index in [1.165, 1.54) is 12.8 Å². The van der Waals surface area contributed by atoms with Crippen molar-refractivity contribution in [2.24, 2.45) is 0 Å². The molecule has 3 heterocycles. The topological polar surface area (TPSA) is 62.6 Å². The molecule has 3 aliphatic rings. The Morgan fingerprint density at radius 2 is 2.09 bits per heavy atom. The Morgan fingerprint density at radius 1 is 1.26 bits per heavy atom. The lowest BCUT2D eigenvalue weighted by Crippen LogP contribution is -2.50. The van der Waals surface area contributed by atoms with Gasteiger partial charge in [-0.2, -0.15) is 5.10 Å². The van der Waals surface area contributed by atoms with E-state index in [2.05, 4.69) is 15.3 Å². The van der Waals surface area contributed by atoms with E-state index in [4.69, 9.17) is 4.74 Å². The van der Waals surface area contributed by atoms with Crippen LogP contribution in [0, 0.1) is 0 Å². The van der Waals surface area contributed by atoms with Crippen LogP contribution in [0.4, 0.5) is 10.5 Å². The first kappa shape index (κ1) is 15.0. The van der Waals surface area contributed by atoms with Crippen molar-refractivity contribution in [1.29, 1.82) is 0 Å². The van der Waals surface area contributed by atoms with E-state index < -0.39 is 0 Å². The maximum Gasteiger partial charge on any atom is 0.322 e. The third-order valence-electron chi connectivity index (χ3n) is 4.96. The SMILES string of the molecule is O=C(Nc1cnn(CC2CCCO2)c1)N1CCN(C2CC2)CC1. The fraction of sp³-hybridized carbons (Fsp3) is 0.750. The number of carbonyl (C=O) groups excluding carboxylic acids is 1. The zero-order valence-corrected chi connectivity index (χ0v) is 13.5. The number of hydrogen-bond donors (Lipinski definition) is 1. The van der Waals surface area contributed by atoms with Gasteiger partial charge in [-0.15, -0.1) is 0 Å². The quantitative estimate of drug-likeness (QED) is 0.910. The van der Waals surface area contributed by atoms with Crippen LogP contribution in [-0.4, -0.2) is 70.5 Å². The molecule has 2 aliphatic heterocycles. The first-order chi connectivity index (χ1) is 11.3. The Bertz CT molecular complexity index is 542. The van der Waals surface area contributed by atoms with E-state index in [0.29, 0.717) is 0 Å². The number of piperazine rings is 1. The Labute approximate surface area is 136 Å². The lowest BCUT2D eigenvalue weighted by molar-refractivity contribution is 0.0940. The predicted octanol–water partition coefficient (Wildman–Crippen LogP) is 1.37. The summed E-state index contributed by atoms with van der Waals surface area (Å²) < 4.78 is 7.47. The summed E-state index contributed by atoms with van der Waals surface area (Å²) in [6, 6.07) is 0.772. The number of rotatable bonds is 4. The largest absolute Gasteiger partial charge is 0.376 e. The molecule has 1 atom stereocenters. The van der Waals surface area contributed by atoms with Crippen molar-refractivity contribution in [2.75, 3.05) is 38.1 Å². The van der Waals surface area contributed by atoms with Gasteiger partial charge in [-0.25, -0.2) is 4.79 Å². The third-order valence-corrected chi connectivity index (χ3v) is 4.96. The third kappa shape index (κ3) is 3.67. The van der Waals surface area contributed by atoms with E-state index in [0.717, 1.165) is 63.9 Å². The highest BCUT2D eigenvalue weighted by Crippen LogP contribution is 2.27. The van der Waals surface area contributed by atoms with Crippen molar-refractivity contribution in [1.82, 2.24) is 19.6 Å². The molecule has 0 spiro atoms. The fourth-order valence-corrected chi connectivity index (χ4v) is 3.46. The highest BCUT2D eigenvalue weighted by Gasteiger charge is 2.32. The van der Waals surface area contributed by atoms with Gasteiger partial charge in [0.15, 0.2) is 0 Å². The normalized spacial score (nSPS) is 25.7. The average molecular weight is 319 g/mol. The zero-order chi connectivity index (χ0) is 15.6. The molecule has 1 aromatic rings. The van der Waals surface area contributed by atoms with Gasteiger partial charge in [0, 0.05) is 45.0 Å². The van der Waals surface area contributed by atoms with E-state index >= 15 is 0 Å². The Kier molecular flexibility index (Phi) is 4.22. The highest BCUT2D eigenvalue weighted by molar-refractivity contribution is 5.89. The molecule has 7 heteroatoms. The van der Waals surface area contributed by atoms with Crippen LogP contribution in [0.25, 0.3) is 0 Å². The van der Waals surface area contributed by atoms with Crippen LogP contribution >= 0.6 is 0 Å². The van der Waals surface area contributed by atoms with Gasteiger partial charge in [0.25, 0.3) is 0 Å². The van der Waals surface area contributed by atoms with Crippen LogP contribution in [0.15, 0.2) is 12.4 Å². The fourth-order valence-electron chi connectivity index (χ4n) is 3.46. The molecule has 1 N–H and O–H groups in total. The number of aromatic nitrogens is 2. The summed E-state index contributed by atoms with van der Waals surface area (Å²) in [6.45, 7) is 5.23. The van der Waals surface area contributed by atoms with Crippen molar-refractivity contribution >= 4 is 11.7 Å². The lowest BCUT2D eigenvalue weighted by Gasteiger charge is -2.34. The first-order valence-corrected chi connectivity index (χ1v) is 8.72. The number of anilines is 1. The standard InChI is InChI=1S/C16H25N5O2/c22-16(20-7-5-19(6-8-20)14-3-4-14)18-13-10-17-21(11-13)12-15-2-1-9-23-15/h10-11,14-15H,1-9,12H2,(H,18,22). The smallest absolute Gasteiger partial charge is 0.322 e. The molecular formula is C16H25N5O2. The molecule has 0 radical (unpaired) electrons. The molecule has 0 aromatic carbocycles. The molecule has 4 rings (SSSR count). The second kappa shape index (κ2) is 6.49. The van der Waals surface area contributed by atoms with Gasteiger partial charge in [-0.1, -0.05) is 0 Å². The molecule has 2 saturated heterocycles. The maximum atomic E-state index is 12.3. The van der Waals surface area contributed by atoms with Gasteiger partial charge in [-0.05, 0) is 25.7 Å². The van der Waals surface area contributed by atoms with E-state index in [9.17, 15) is 4.79 Å². The number of nitrogens with zero attached hydrogens (tertiary/aromatic N) is 4. The van der Waals surface area contributed by atoms with Gasteiger partial charge in [0.1, 0.15) is 0 Å². The number of hydrogen-bond acceptors (Lipinski definition) is 4. The van der Waals surface area contributed by atoms with Crippen LogP contribution in [0.1, 0.15) is 25.7 Å². The van der Waals surface area contributed by atoms with Crippen LogP contribution in [0.5, 0.6) is 0 Å². The summed E-state index contributed by atoms with van der Waals surface area (Å²) in [5.74, 6) is 0. The average Bonchev–Trinajstić information content (AvgIpc) is 3.13. The Morgan fingerprint density at radius 3 is 2.78 bits per heavy atom. The Hall–Kier alpha value is -1.60. The number of amides is 2. The van der Waals surface area contributed by atoms with Gasteiger partial charge in [-0.3, -0.25) is 9.58 Å². The van der Waals surface area contributed by atoms with Crippen molar-refractivity contribution in [3.63, 3.8) is 0 Å². The molecular weight excluding hydrogens is 294 g/mol. The summed E-state index contributed by atoms with van der Waals surface area (Å²) in [5, 5.41) is 7.28. The number of ether oxygens (including phenoxy) is 1.